The second-order valence-electron chi connectivity index (χ2n) is 4.58. The number of rotatable bonds is 9. The van der Waals surface area contributed by atoms with Gasteiger partial charge in [-0.1, -0.05) is 19.1 Å². The monoisotopic (exact) mass is 266 g/mol. The third-order valence-corrected chi connectivity index (χ3v) is 3.26. The Morgan fingerprint density at radius 3 is 2.00 bits per heavy atom. The molecule has 1 aromatic rings. The zero-order valence-electron chi connectivity index (χ0n) is 12.3. The van der Waals surface area contributed by atoms with Crippen LogP contribution in [-0.2, 0) is 9.47 Å². The van der Waals surface area contributed by atoms with Crippen LogP contribution in [0.1, 0.15) is 24.9 Å². The summed E-state index contributed by atoms with van der Waals surface area (Å²) in [6.45, 7) is 5.24. The van der Waals surface area contributed by atoms with Crippen molar-refractivity contribution in [2.45, 2.75) is 19.4 Å². The molecule has 0 unspecified atom stereocenters. The van der Waals surface area contributed by atoms with E-state index in [0.29, 0.717) is 13.2 Å². The molecule has 0 fully saturated rings. The Balaban J connectivity index is 2.71. The lowest BCUT2D eigenvalue weighted by Gasteiger charge is -2.24. The molecule has 0 saturated heterocycles. The molecule has 4 nitrogen and oxygen atoms in total. The molecule has 0 aromatic heterocycles. The fourth-order valence-electron chi connectivity index (χ4n) is 1.94. The first kappa shape index (κ1) is 16.0. The van der Waals surface area contributed by atoms with Crippen molar-refractivity contribution in [1.82, 2.24) is 0 Å². The van der Waals surface area contributed by atoms with Crippen LogP contribution in [0.5, 0.6) is 0 Å². The largest absolute Gasteiger partial charge is 0.383 e. The minimum Gasteiger partial charge on any atom is -0.383 e. The molecule has 0 aliphatic rings. The molecular formula is C15H26N2O2. The Hall–Kier alpha value is -1.10. The summed E-state index contributed by atoms with van der Waals surface area (Å²) in [5.41, 5.74) is 8.39. The summed E-state index contributed by atoms with van der Waals surface area (Å²) in [5, 5.41) is 0. The number of anilines is 1. The van der Waals surface area contributed by atoms with Crippen LogP contribution in [0.25, 0.3) is 0 Å². The highest BCUT2D eigenvalue weighted by Gasteiger charge is 2.08. The molecule has 0 spiro atoms. The zero-order chi connectivity index (χ0) is 14.1. The van der Waals surface area contributed by atoms with E-state index in [1.807, 2.05) is 0 Å². The Morgan fingerprint density at radius 2 is 1.58 bits per heavy atom. The highest BCUT2D eigenvalue weighted by Crippen LogP contribution is 2.19. The molecule has 0 aliphatic heterocycles. The summed E-state index contributed by atoms with van der Waals surface area (Å²) in [4.78, 5) is 2.26. The molecule has 0 bridgehead atoms. The van der Waals surface area contributed by atoms with Crippen molar-refractivity contribution < 1.29 is 9.47 Å². The molecule has 0 heterocycles. The fourth-order valence-corrected chi connectivity index (χ4v) is 1.94. The Kier molecular flexibility index (Phi) is 7.48. The standard InChI is InChI=1S/C15H26N2O2/c1-4-15(16)13-5-7-14(8-6-13)17(9-11-18-2)10-12-19-3/h5-8,15H,4,9-12,16H2,1-3H3/t15-/m0/s1. The number of hydrogen-bond acceptors (Lipinski definition) is 4. The molecule has 1 atom stereocenters. The van der Waals surface area contributed by atoms with Crippen molar-refractivity contribution >= 4 is 5.69 Å². The number of ether oxygens (including phenoxy) is 2. The van der Waals surface area contributed by atoms with Gasteiger partial charge in [-0.05, 0) is 24.1 Å². The Labute approximate surface area is 116 Å². The van der Waals surface area contributed by atoms with Gasteiger partial charge in [-0.3, -0.25) is 0 Å². The van der Waals surface area contributed by atoms with Crippen LogP contribution in [0.2, 0.25) is 0 Å². The maximum atomic E-state index is 6.03. The van der Waals surface area contributed by atoms with Gasteiger partial charge in [0.15, 0.2) is 0 Å². The second kappa shape index (κ2) is 8.91. The van der Waals surface area contributed by atoms with Gasteiger partial charge in [0.25, 0.3) is 0 Å². The lowest BCUT2D eigenvalue weighted by molar-refractivity contribution is 0.190. The summed E-state index contributed by atoms with van der Waals surface area (Å²) in [6.07, 6.45) is 0.955. The average molecular weight is 266 g/mol. The SMILES string of the molecule is CC[C@H](N)c1ccc(N(CCOC)CCOC)cc1. The van der Waals surface area contributed by atoms with E-state index in [2.05, 4.69) is 36.1 Å². The molecule has 0 amide bonds. The maximum Gasteiger partial charge on any atom is 0.0637 e. The summed E-state index contributed by atoms with van der Waals surface area (Å²) in [7, 11) is 3.44. The number of hydrogen-bond donors (Lipinski definition) is 1. The van der Waals surface area contributed by atoms with Crippen molar-refractivity contribution in [3.8, 4) is 0 Å². The van der Waals surface area contributed by atoms with Crippen molar-refractivity contribution in [1.29, 1.82) is 0 Å². The molecule has 108 valence electrons. The van der Waals surface area contributed by atoms with E-state index < -0.39 is 0 Å². The fraction of sp³-hybridized carbons (Fsp3) is 0.600. The third-order valence-electron chi connectivity index (χ3n) is 3.26. The van der Waals surface area contributed by atoms with E-state index in [4.69, 9.17) is 15.2 Å². The first-order chi connectivity index (χ1) is 9.22. The number of nitrogens with zero attached hydrogens (tertiary/aromatic N) is 1. The lowest BCUT2D eigenvalue weighted by Crippen LogP contribution is -2.30. The number of methoxy groups -OCH3 is 2. The van der Waals surface area contributed by atoms with Gasteiger partial charge in [-0.25, -0.2) is 0 Å². The second-order valence-corrected chi connectivity index (χ2v) is 4.58. The maximum absolute atomic E-state index is 6.03. The predicted molar refractivity (Wildman–Crippen MR) is 79.6 cm³/mol. The van der Waals surface area contributed by atoms with Crippen molar-refractivity contribution in [3.05, 3.63) is 29.8 Å². The van der Waals surface area contributed by atoms with E-state index in [9.17, 15) is 0 Å². The van der Waals surface area contributed by atoms with Gasteiger partial charge < -0.3 is 20.1 Å². The summed E-state index contributed by atoms with van der Waals surface area (Å²) >= 11 is 0. The smallest absolute Gasteiger partial charge is 0.0637 e. The predicted octanol–water partition coefficient (Wildman–Crippen LogP) is 2.20. The van der Waals surface area contributed by atoms with Gasteiger partial charge in [-0.15, -0.1) is 0 Å². The molecule has 2 N–H and O–H groups in total. The van der Waals surface area contributed by atoms with Crippen molar-refractivity contribution in [2.75, 3.05) is 45.4 Å². The van der Waals surface area contributed by atoms with Crippen LogP contribution < -0.4 is 10.6 Å². The quantitative estimate of drug-likeness (QED) is 0.744. The first-order valence-electron chi connectivity index (χ1n) is 6.81. The molecular weight excluding hydrogens is 240 g/mol. The van der Waals surface area contributed by atoms with Crippen LogP contribution in [0, 0.1) is 0 Å². The highest BCUT2D eigenvalue weighted by molar-refractivity contribution is 5.48. The van der Waals surface area contributed by atoms with E-state index in [0.717, 1.165) is 19.5 Å². The minimum absolute atomic E-state index is 0.125. The molecule has 0 saturated carbocycles. The van der Waals surface area contributed by atoms with E-state index >= 15 is 0 Å². The van der Waals surface area contributed by atoms with Gasteiger partial charge in [0.1, 0.15) is 0 Å². The summed E-state index contributed by atoms with van der Waals surface area (Å²) in [5.74, 6) is 0. The van der Waals surface area contributed by atoms with Crippen LogP contribution in [-0.4, -0.2) is 40.5 Å². The van der Waals surface area contributed by atoms with Crippen LogP contribution in [0.15, 0.2) is 24.3 Å². The average Bonchev–Trinajstić information content (AvgIpc) is 2.47. The van der Waals surface area contributed by atoms with Crippen LogP contribution >= 0.6 is 0 Å². The minimum atomic E-state index is 0.125. The van der Waals surface area contributed by atoms with Crippen LogP contribution in [0.3, 0.4) is 0 Å². The third kappa shape index (κ3) is 5.19. The number of nitrogens with two attached hydrogens (primary N) is 1. The highest BCUT2D eigenvalue weighted by atomic mass is 16.5. The molecule has 1 aromatic carbocycles. The Morgan fingerprint density at radius 1 is 1.05 bits per heavy atom. The van der Waals surface area contributed by atoms with Gasteiger partial charge in [0.05, 0.1) is 13.2 Å². The van der Waals surface area contributed by atoms with E-state index in [-0.39, 0.29) is 6.04 Å². The summed E-state index contributed by atoms with van der Waals surface area (Å²) in [6, 6.07) is 8.58. The zero-order valence-corrected chi connectivity index (χ0v) is 12.3. The molecule has 1 rings (SSSR count). The molecule has 0 aliphatic carbocycles. The Bertz CT molecular complexity index is 333. The molecule has 4 heteroatoms. The first-order valence-corrected chi connectivity index (χ1v) is 6.81. The van der Waals surface area contributed by atoms with Crippen molar-refractivity contribution in [2.24, 2.45) is 5.73 Å². The van der Waals surface area contributed by atoms with Gasteiger partial charge in [-0.2, -0.15) is 0 Å². The van der Waals surface area contributed by atoms with Crippen LogP contribution in [0.4, 0.5) is 5.69 Å². The summed E-state index contributed by atoms with van der Waals surface area (Å²) < 4.78 is 10.3. The molecule has 19 heavy (non-hydrogen) atoms. The van der Waals surface area contributed by atoms with Gasteiger partial charge in [0.2, 0.25) is 0 Å². The van der Waals surface area contributed by atoms with Gasteiger partial charge >= 0.3 is 0 Å². The molecule has 0 radical (unpaired) electrons. The van der Waals surface area contributed by atoms with E-state index in [1.54, 1.807) is 14.2 Å². The van der Waals surface area contributed by atoms with Crippen molar-refractivity contribution in [3.63, 3.8) is 0 Å². The van der Waals surface area contributed by atoms with E-state index in [1.165, 1.54) is 11.3 Å². The topological polar surface area (TPSA) is 47.7 Å². The number of benzene rings is 1. The van der Waals surface area contributed by atoms with Gasteiger partial charge in [0, 0.05) is 39.0 Å². The lowest BCUT2D eigenvalue weighted by atomic mass is 10.1. The normalized spacial score (nSPS) is 12.4.